The molecule has 0 N–H and O–H groups in total. The van der Waals surface area contributed by atoms with Crippen molar-refractivity contribution >= 4 is 49.3 Å². The molecule has 0 atom stereocenters. The zero-order valence-electron chi connectivity index (χ0n) is 26.7. The Labute approximate surface area is 288 Å². The maximum Gasteiger partial charge on any atom is 0.188 e. The Kier molecular flexibility index (Phi) is 6.56. The average molecular weight is 636 g/mol. The van der Waals surface area contributed by atoms with Gasteiger partial charge in [-0.2, -0.15) is 10.5 Å². The molecule has 9 aromatic rings. The predicted molar refractivity (Wildman–Crippen MR) is 202 cm³/mol. The summed E-state index contributed by atoms with van der Waals surface area (Å²) in [6, 6.07) is 55.7. The van der Waals surface area contributed by atoms with E-state index in [9.17, 15) is 10.5 Å². The third kappa shape index (κ3) is 4.45. The zero-order chi connectivity index (χ0) is 33.8. The Balaban J connectivity index is 1.34. The number of rotatable bonds is 4. The van der Waals surface area contributed by atoms with Crippen LogP contribution in [0.5, 0.6) is 0 Å². The molecular formula is C45H25N5. The topological polar surface area (TPSA) is 61.8 Å². The second-order valence-corrected chi connectivity index (χ2v) is 12.3. The van der Waals surface area contributed by atoms with Crippen molar-refractivity contribution in [1.82, 2.24) is 9.13 Å². The van der Waals surface area contributed by atoms with E-state index in [1.165, 1.54) is 0 Å². The second-order valence-electron chi connectivity index (χ2n) is 12.3. The Hall–Kier alpha value is -7.39. The molecule has 0 saturated carbocycles. The molecule has 0 bridgehead atoms. The maximum absolute atomic E-state index is 10.4. The lowest BCUT2D eigenvalue weighted by Crippen LogP contribution is -1.98. The van der Waals surface area contributed by atoms with Gasteiger partial charge in [0, 0.05) is 27.5 Å². The van der Waals surface area contributed by atoms with Crippen LogP contribution in [0.4, 0.5) is 5.69 Å². The SMILES string of the molecule is [C-]#[N+]c1ccc2c(c1)c1ccccc1n2-c1ccc(-c2ccc(C#N)cc2)c(-c2cc(C#N)cc(-n3c4ccccc4c4ccccc43)c2)c1. The van der Waals surface area contributed by atoms with E-state index in [0.717, 1.165) is 77.2 Å². The molecule has 2 heterocycles. The van der Waals surface area contributed by atoms with E-state index in [1.54, 1.807) is 0 Å². The highest BCUT2D eigenvalue weighted by molar-refractivity contribution is 6.11. The second kappa shape index (κ2) is 11.4. The first-order chi connectivity index (χ1) is 24.6. The summed E-state index contributed by atoms with van der Waals surface area (Å²) in [5, 5.41) is 24.3. The first-order valence-corrected chi connectivity index (χ1v) is 16.2. The molecule has 9 rings (SSSR count). The highest BCUT2D eigenvalue weighted by Crippen LogP contribution is 2.40. The Morgan fingerprint density at radius 3 is 1.64 bits per heavy atom. The molecule has 7 aromatic carbocycles. The number of hydrogen-bond donors (Lipinski definition) is 0. The van der Waals surface area contributed by atoms with Gasteiger partial charge in [0.1, 0.15) is 0 Å². The largest absolute Gasteiger partial charge is 0.309 e. The van der Waals surface area contributed by atoms with Gasteiger partial charge in [0.25, 0.3) is 0 Å². The van der Waals surface area contributed by atoms with Crippen LogP contribution in [0.25, 0.3) is 82.1 Å². The molecule has 5 heteroatoms. The molecule has 0 unspecified atom stereocenters. The van der Waals surface area contributed by atoms with Crippen LogP contribution in [-0.4, -0.2) is 9.13 Å². The molecule has 0 aliphatic carbocycles. The van der Waals surface area contributed by atoms with Gasteiger partial charge >= 0.3 is 0 Å². The van der Waals surface area contributed by atoms with Crippen molar-refractivity contribution in [1.29, 1.82) is 10.5 Å². The van der Waals surface area contributed by atoms with Crippen LogP contribution in [0.2, 0.25) is 0 Å². The molecule has 0 saturated heterocycles. The van der Waals surface area contributed by atoms with Gasteiger partial charge in [-0.05, 0) is 100 Å². The Morgan fingerprint density at radius 2 is 1.02 bits per heavy atom. The molecular weight excluding hydrogens is 611 g/mol. The summed E-state index contributed by atoms with van der Waals surface area (Å²) in [4.78, 5) is 3.70. The minimum Gasteiger partial charge on any atom is -0.309 e. The Bertz CT molecular complexity index is 2900. The van der Waals surface area contributed by atoms with Crippen molar-refractivity contribution in [2.45, 2.75) is 0 Å². The van der Waals surface area contributed by atoms with Crippen LogP contribution in [0.15, 0.2) is 152 Å². The molecule has 0 spiro atoms. The Morgan fingerprint density at radius 1 is 0.440 bits per heavy atom. The van der Waals surface area contributed by atoms with E-state index in [4.69, 9.17) is 6.57 Å². The normalized spacial score (nSPS) is 11.1. The summed E-state index contributed by atoms with van der Waals surface area (Å²) >= 11 is 0. The number of aromatic nitrogens is 2. The van der Waals surface area contributed by atoms with Crippen LogP contribution in [0, 0.1) is 29.2 Å². The first kappa shape index (κ1) is 28.8. The van der Waals surface area contributed by atoms with Gasteiger partial charge in [-0.1, -0.05) is 78.9 Å². The summed E-state index contributed by atoms with van der Waals surface area (Å²) < 4.78 is 4.48. The van der Waals surface area contributed by atoms with E-state index in [0.29, 0.717) is 16.8 Å². The lowest BCUT2D eigenvalue weighted by Gasteiger charge is -2.17. The van der Waals surface area contributed by atoms with E-state index in [-0.39, 0.29) is 0 Å². The third-order valence-electron chi connectivity index (χ3n) is 9.57. The fourth-order valence-corrected chi connectivity index (χ4v) is 7.36. The van der Waals surface area contributed by atoms with Gasteiger partial charge in [-0.3, -0.25) is 0 Å². The van der Waals surface area contributed by atoms with Crippen molar-refractivity contribution in [2.75, 3.05) is 0 Å². The van der Waals surface area contributed by atoms with Crippen molar-refractivity contribution in [3.05, 3.63) is 174 Å². The number of nitriles is 2. The van der Waals surface area contributed by atoms with Gasteiger partial charge < -0.3 is 9.13 Å². The standard InChI is InChI=1S/C45H25N5/c1-48-33-18-21-45-41(25-33)39-10-4-7-13-44(39)49(45)34-19-20-36(31-16-14-29(27-46)15-17-31)40(26-34)32-22-30(28-47)23-35(24-32)50-42-11-5-2-8-37(42)38-9-3-6-12-43(38)50/h2-26H. The van der Waals surface area contributed by atoms with Crippen molar-refractivity contribution in [2.24, 2.45) is 0 Å². The lowest BCUT2D eigenvalue weighted by atomic mass is 9.92. The zero-order valence-corrected chi connectivity index (χ0v) is 26.7. The van der Waals surface area contributed by atoms with E-state index >= 15 is 0 Å². The molecule has 2 aromatic heterocycles. The van der Waals surface area contributed by atoms with Crippen LogP contribution in [0.1, 0.15) is 11.1 Å². The summed E-state index contributed by atoms with van der Waals surface area (Å²) in [6.45, 7) is 7.62. The molecule has 5 nitrogen and oxygen atoms in total. The van der Waals surface area contributed by atoms with Gasteiger partial charge in [-0.25, -0.2) is 4.85 Å². The molecule has 0 radical (unpaired) electrons. The molecule has 0 aliphatic rings. The predicted octanol–water partition coefficient (Wildman–Crippen LogP) is 11.5. The fourth-order valence-electron chi connectivity index (χ4n) is 7.36. The van der Waals surface area contributed by atoms with Crippen LogP contribution in [-0.2, 0) is 0 Å². The molecule has 50 heavy (non-hydrogen) atoms. The van der Waals surface area contributed by atoms with Crippen molar-refractivity contribution in [3.63, 3.8) is 0 Å². The smallest absolute Gasteiger partial charge is 0.188 e. The van der Waals surface area contributed by atoms with Crippen LogP contribution in [0.3, 0.4) is 0 Å². The molecule has 0 aliphatic heterocycles. The quantitative estimate of drug-likeness (QED) is 0.181. The van der Waals surface area contributed by atoms with Crippen LogP contribution < -0.4 is 0 Å². The van der Waals surface area contributed by atoms with Crippen molar-refractivity contribution in [3.8, 4) is 45.8 Å². The maximum atomic E-state index is 10.4. The minimum absolute atomic E-state index is 0.555. The lowest BCUT2D eigenvalue weighted by molar-refractivity contribution is 1.17. The summed E-state index contributed by atoms with van der Waals surface area (Å²) in [5.74, 6) is 0. The number of para-hydroxylation sites is 3. The number of fused-ring (bicyclic) bond motifs is 6. The fraction of sp³-hybridized carbons (Fsp3) is 0. The van der Waals surface area contributed by atoms with Gasteiger partial charge in [-0.15, -0.1) is 0 Å². The number of nitrogens with zero attached hydrogens (tertiary/aromatic N) is 5. The van der Waals surface area contributed by atoms with Crippen LogP contribution >= 0.6 is 0 Å². The summed E-state index contributed by atoms with van der Waals surface area (Å²) in [7, 11) is 0. The van der Waals surface area contributed by atoms with Gasteiger partial charge in [0.2, 0.25) is 0 Å². The highest BCUT2D eigenvalue weighted by Gasteiger charge is 2.18. The first-order valence-electron chi connectivity index (χ1n) is 16.2. The van der Waals surface area contributed by atoms with Gasteiger partial charge in [0.15, 0.2) is 5.69 Å². The van der Waals surface area contributed by atoms with Crippen molar-refractivity contribution < 1.29 is 0 Å². The number of hydrogen-bond acceptors (Lipinski definition) is 2. The number of benzene rings is 7. The third-order valence-corrected chi connectivity index (χ3v) is 9.57. The monoisotopic (exact) mass is 635 g/mol. The van der Waals surface area contributed by atoms with Gasteiger partial charge in [0.05, 0.1) is 51.9 Å². The molecule has 0 amide bonds. The molecule has 230 valence electrons. The van der Waals surface area contributed by atoms with E-state index in [1.807, 2.05) is 78.9 Å². The average Bonchev–Trinajstić information content (AvgIpc) is 3.70. The molecule has 0 fully saturated rings. The van der Waals surface area contributed by atoms with E-state index < -0.39 is 0 Å². The van der Waals surface area contributed by atoms with E-state index in [2.05, 4.69) is 98.9 Å². The summed E-state index contributed by atoms with van der Waals surface area (Å²) in [5.41, 5.74) is 11.6. The minimum atomic E-state index is 0.555. The summed E-state index contributed by atoms with van der Waals surface area (Å²) in [6.07, 6.45) is 0. The highest BCUT2D eigenvalue weighted by atomic mass is 15.0.